The van der Waals surface area contributed by atoms with Gasteiger partial charge >= 0.3 is 0 Å². The smallest absolute Gasteiger partial charge is 0.255 e. The van der Waals surface area contributed by atoms with Gasteiger partial charge in [-0.2, -0.15) is 5.01 Å². The molecule has 0 spiro atoms. The van der Waals surface area contributed by atoms with Crippen molar-refractivity contribution in [3.05, 3.63) is 12.2 Å². The molecule has 3 amide bonds. The average molecular weight is 421 g/mol. The molecule has 9 aliphatic rings. The van der Waals surface area contributed by atoms with E-state index in [-0.39, 0.29) is 40.9 Å². The summed E-state index contributed by atoms with van der Waals surface area (Å²) in [6.45, 7) is 0. The van der Waals surface area contributed by atoms with Crippen LogP contribution in [0.1, 0.15) is 64.2 Å². The zero-order chi connectivity index (χ0) is 20.7. The number of nitrogens with one attached hydrogen (secondary N) is 1. The molecule has 1 aliphatic heterocycles. The molecule has 5 heteroatoms. The Hall–Kier alpha value is -1.65. The number of carbonyl (C=O) groups excluding carboxylic acids is 3. The Morgan fingerprint density at radius 3 is 2.35 bits per heavy atom. The van der Waals surface area contributed by atoms with Gasteiger partial charge in [0.1, 0.15) is 0 Å². The predicted octanol–water partition coefficient (Wildman–Crippen LogP) is 3.46. The fraction of sp³-hybridized carbons (Fsp3) is 0.808. The lowest BCUT2D eigenvalue weighted by Gasteiger charge is -2.55. The second-order valence-corrected chi connectivity index (χ2v) is 12.7. The number of carbonyl (C=O) groups is 3. The number of fused-ring (bicyclic) bond motifs is 1. The van der Waals surface area contributed by atoms with Crippen LogP contribution in [0.3, 0.4) is 0 Å². The standard InChI is InChI=1S/C26H32N2O3/c29-22-21-17-2-1-5-26(21,20-4-3-16(17)18-9-19(18)20)24(31)28(22)27-23(30)25-10-13-6-14(11-25)8-15(7-13)12-25/h3-4,13-21H,1-2,5-12H2,(H,27,30)/t13?,14?,15?,16?,17?,18?,19?,20?,21-,25?,26-/m1/s1. The second kappa shape index (κ2) is 5.46. The van der Waals surface area contributed by atoms with Crippen molar-refractivity contribution >= 4 is 17.7 Å². The van der Waals surface area contributed by atoms with E-state index in [1.54, 1.807) is 0 Å². The summed E-state index contributed by atoms with van der Waals surface area (Å²) in [6.07, 6.45) is 15.5. The molecule has 5 unspecified atom stereocenters. The van der Waals surface area contributed by atoms with Crippen LogP contribution in [0.2, 0.25) is 0 Å². The summed E-state index contributed by atoms with van der Waals surface area (Å²) in [5.74, 6) is 3.80. The summed E-state index contributed by atoms with van der Waals surface area (Å²) >= 11 is 0. The lowest BCUT2D eigenvalue weighted by atomic mass is 9.49. The van der Waals surface area contributed by atoms with Crippen LogP contribution in [0.5, 0.6) is 0 Å². The molecule has 1 heterocycles. The van der Waals surface area contributed by atoms with Crippen LogP contribution < -0.4 is 5.43 Å². The first-order valence-electron chi connectivity index (χ1n) is 12.9. The predicted molar refractivity (Wildman–Crippen MR) is 112 cm³/mol. The molecule has 8 bridgehead atoms. The van der Waals surface area contributed by atoms with Gasteiger partial charge in [-0.25, -0.2) is 0 Å². The number of hydrazine groups is 1. The Kier molecular flexibility index (Phi) is 3.14. The molecule has 9 rings (SSSR count). The Morgan fingerprint density at radius 1 is 0.935 bits per heavy atom. The number of hydrogen-bond donors (Lipinski definition) is 1. The minimum Gasteiger partial charge on any atom is -0.273 e. The van der Waals surface area contributed by atoms with E-state index in [4.69, 9.17) is 0 Å². The number of amides is 3. The van der Waals surface area contributed by atoms with Crippen molar-refractivity contribution in [1.82, 2.24) is 10.4 Å². The summed E-state index contributed by atoms with van der Waals surface area (Å²) in [6, 6.07) is 0. The molecule has 1 saturated heterocycles. The van der Waals surface area contributed by atoms with E-state index in [9.17, 15) is 14.4 Å². The van der Waals surface area contributed by atoms with Crippen molar-refractivity contribution in [2.75, 3.05) is 0 Å². The highest BCUT2D eigenvalue weighted by atomic mass is 16.2. The topological polar surface area (TPSA) is 66.5 Å². The Labute approximate surface area is 183 Å². The lowest BCUT2D eigenvalue weighted by Crippen LogP contribution is -2.58. The molecule has 8 aliphatic carbocycles. The summed E-state index contributed by atoms with van der Waals surface area (Å²) in [5, 5.41) is 1.25. The van der Waals surface area contributed by atoms with Crippen LogP contribution in [0.15, 0.2) is 12.2 Å². The molecule has 0 aromatic heterocycles. The van der Waals surface area contributed by atoms with Crippen LogP contribution in [0.4, 0.5) is 0 Å². The molecule has 0 radical (unpaired) electrons. The molecular weight excluding hydrogens is 388 g/mol. The molecule has 31 heavy (non-hydrogen) atoms. The summed E-state index contributed by atoms with van der Waals surface area (Å²) in [5.41, 5.74) is 2.05. The van der Waals surface area contributed by atoms with Crippen molar-refractivity contribution in [1.29, 1.82) is 0 Å². The monoisotopic (exact) mass is 420 g/mol. The molecule has 7 saturated carbocycles. The maximum atomic E-state index is 14.0. The zero-order valence-electron chi connectivity index (χ0n) is 18.1. The fourth-order valence-corrected chi connectivity index (χ4v) is 10.7. The van der Waals surface area contributed by atoms with Gasteiger partial charge in [-0.05, 0) is 105 Å². The molecule has 1 N–H and O–H groups in total. The van der Waals surface area contributed by atoms with E-state index in [2.05, 4.69) is 17.6 Å². The number of allylic oxidation sites excluding steroid dienone is 2. The Morgan fingerprint density at radius 2 is 1.65 bits per heavy atom. The van der Waals surface area contributed by atoms with E-state index < -0.39 is 5.41 Å². The average Bonchev–Trinajstić information content (AvgIpc) is 3.52. The highest BCUT2D eigenvalue weighted by Gasteiger charge is 2.74. The normalized spacial score (nSPS) is 57.0. The van der Waals surface area contributed by atoms with Gasteiger partial charge in [0.05, 0.1) is 16.7 Å². The van der Waals surface area contributed by atoms with Crippen molar-refractivity contribution in [2.24, 2.45) is 64.1 Å². The van der Waals surface area contributed by atoms with E-state index in [0.29, 0.717) is 35.5 Å². The number of hydrogen-bond acceptors (Lipinski definition) is 3. The van der Waals surface area contributed by atoms with Gasteiger partial charge in [-0.15, -0.1) is 0 Å². The first kappa shape index (κ1) is 17.9. The third kappa shape index (κ3) is 1.99. The van der Waals surface area contributed by atoms with Crippen LogP contribution in [0, 0.1) is 64.1 Å². The molecule has 5 nitrogen and oxygen atoms in total. The number of nitrogens with zero attached hydrogens (tertiary/aromatic N) is 1. The highest BCUT2D eigenvalue weighted by molar-refractivity contribution is 6.09. The van der Waals surface area contributed by atoms with Gasteiger partial charge in [-0.1, -0.05) is 18.6 Å². The largest absolute Gasteiger partial charge is 0.273 e. The van der Waals surface area contributed by atoms with Gasteiger partial charge in [0.25, 0.3) is 11.8 Å². The summed E-state index contributed by atoms with van der Waals surface area (Å²) in [4.78, 5) is 41.5. The third-order valence-corrected chi connectivity index (χ3v) is 11.4. The maximum Gasteiger partial charge on any atom is 0.255 e. The third-order valence-electron chi connectivity index (χ3n) is 11.4. The summed E-state index contributed by atoms with van der Waals surface area (Å²) < 4.78 is 0. The molecule has 0 aromatic carbocycles. The zero-order valence-corrected chi connectivity index (χ0v) is 18.1. The molecule has 7 atom stereocenters. The Balaban J connectivity index is 1.14. The van der Waals surface area contributed by atoms with Crippen molar-refractivity contribution < 1.29 is 14.4 Å². The van der Waals surface area contributed by atoms with Crippen molar-refractivity contribution in [2.45, 2.75) is 64.2 Å². The summed E-state index contributed by atoms with van der Waals surface area (Å²) in [7, 11) is 0. The first-order valence-corrected chi connectivity index (χ1v) is 12.9. The van der Waals surface area contributed by atoms with Crippen LogP contribution in [0.25, 0.3) is 0 Å². The van der Waals surface area contributed by atoms with Gasteiger partial charge in [-0.3, -0.25) is 19.8 Å². The highest BCUT2D eigenvalue weighted by Crippen LogP contribution is 2.71. The minimum atomic E-state index is -0.587. The first-order chi connectivity index (χ1) is 15.0. The molecule has 164 valence electrons. The molecule has 0 aromatic rings. The van der Waals surface area contributed by atoms with Gasteiger partial charge in [0.15, 0.2) is 0 Å². The van der Waals surface area contributed by atoms with E-state index >= 15 is 0 Å². The van der Waals surface area contributed by atoms with Crippen LogP contribution in [-0.4, -0.2) is 22.7 Å². The Bertz CT molecular complexity index is 919. The van der Waals surface area contributed by atoms with Gasteiger partial charge in [0.2, 0.25) is 5.91 Å². The SMILES string of the molecule is O=C1[C@H]2C3CCC[C@@]2(C(=O)N1NC(=O)C12CC4CC(CC(C4)C1)C2)C1C=CC3C2CC21. The van der Waals surface area contributed by atoms with Gasteiger partial charge < -0.3 is 0 Å². The van der Waals surface area contributed by atoms with Crippen LogP contribution >= 0.6 is 0 Å². The van der Waals surface area contributed by atoms with E-state index in [0.717, 1.165) is 38.5 Å². The molecule has 8 fully saturated rings. The van der Waals surface area contributed by atoms with Crippen molar-refractivity contribution in [3.63, 3.8) is 0 Å². The van der Waals surface area contributed by atoms with Crippen molar-refractivity contribution in [3.8, 4) is 0 Å². The number of rotatable bonds is 2. The maximum absolute atomic E-state index is 14.0. The number of imide groups is 1. The van der Waals surface area contributed by atoms with E-state index in [1.807, 2.05) is 0 Å². The second-order valence-electron chi connectivity index (χ2n) is 12.7. The fourth-order valence-electron chi connectivity index (χ4n) is 10.7. The quantitative estimate of drug-likeness (QED) is 0.550. The van der Waals surface area contributed by atoms with Gasteiger partial charge in [0, 0.05) is 0 Å². The minimum absolute atomic E-state index is 0.0271. The van der Waals surface area contributed by atoms with Crippen LogP contribution in [-0.2, 0) is 14.4 Å². The lowest BCUT2D eigenvalue weighted by molar-refractivity contribution is -0.161. The molecular formula is C26H32N2O3. The van der Waals surface area contributed by atoms with E-state index in [1.165, 1.54) is 30.7 Å².